The van der Waals surface area contributed by atoms with Crippen molar-refractivity contribution in [2.75, 3.05) is 19.6 Å². The van der Waals surface area contributed by atoms with Gasteiger partial charge in [-0.15, -0.1) is 11.3 Å². The van der Waals surface area contributed by atoms with Crippen LogP contribution in [0.5, 0.6) is 0 Å². The number of hydrogen-bond donors (Lipinski definition) is 2. The van der Waals surface area contributed by atoms with Gasteiger partial charge in [0.15, 0.2) is 0 Å². The Kier molecular flexibility index (Phi) is 5.54. The van der Waals surface area contributed by atoms with E-state index >= 15 is 0 Å². The molecule has 0 aliphatic carbocycles. The molecule has 0 amide bonds. The van der Waals surface area contributed by atoms with E-state index in [1.54, 1.807) is 11.3 Å². The van der Waals surface area contributed by atoms with E-state index in [4.69, 9.17) is 16.1 Å². The van der Waals surface area contributed by atoms with Gasteiger partial charge in [0.05, 0.1) is 15.6 Å². The van der Waals surface area contributed by atoms with Crippen LogP contribution in [-0.4, -0.2) is 35.4 Å². The summed E-state index contributed by atoms with van der Waals surface area (Å²) < 4.78 is 0. The topological polar surface area (TPSA) is 66.0 Å². The van der Waals surface area contributed by atoms with E-state index in [1.165, 1.54) is 25.9 Å². The Labute approximate surface area is 125 Å². The Hall–Kier alpha value is -0.940. The molecule has 0 aromatic carbocycles. The lowest BCUT2D eigenvalue weighted by Gasteiger charge is -2.30. The monoisotopic (exact) mass is 294 g/mol. The average Bonchev–Trinajstić information content (AvgIpc) is 2.80. The summed E-state index contributed by atoms with van der Waals surface area (Å²) in [5.41, 5.74) is 6.68. The molecule has 1 aromatic heterocycles. The molecule has 2 rings (SSSR count). The van der Waals surface area contributed by atoms with Crippen molar-refractivity contribution in [2.45, 2.75) is 46.0 Å². The summed E-state index contributed by atoms with van der Waals surface area (Å²) in [5, 5.41) is 8.80. The maximum atomic E-state index is 7.66. The molecular weight excluding hydrogens is 268 g/mol. The zero-order valence-electron chi connectivity index (χ0n) is 12.6. The number of thiazole rings is 1. The van der Waals surface area contributed by atoms with Gasteiger partial charge in [0.1, 0.15) is 5.84 Å². The Bertz CT molecular complexity index is 455. The molecule has 0 spiro atoms. The maximum Gasteiger partial charge on any atom is 0.135 e. The number of nitrogen functional groups attached to an aromatic ring is 1. The van der Waals surface area contributed by atoms with Gasteiger partial charge in [-0.05, 0) is 31.7 Å². The van der Waals surface area contributed by atoms with Gasteiger partial charge in [0.2, 0.25) is 0 Å². The standard InChI is InChI=1S/C15H26N4S/c1-3-5-12-14(15(16)17)20-13(18-12)7-9-19-8-4-6-11(2)10-19/h11H,3-10H2,1-2H3,(H3,16,17). The quantitative estimate of drug-likeness (QED) is 0.626. The lowest BCUT2D eigenvalue weighted by Crippen LogP contribution is -2.35. The second-order valence-corrected chi connectivity index (χ2v) is 6.93. The van der Waals surface area contributed by atoms with Gasteiger partial charge in [-0.1, -0.05) is 20.3 Å². The van der Waals surface area contributed by atoms with Crippen LogP contribution in [0.4, 0.5) is 0 Å². The third-order valence-corrected chi connectivity index (χ3v) is 5.05. The third kappa shape index (κ3) is 4.03. The summed E-state index contributed by atoms with van der Waals surface area (Å²) in [4.78, 5) is 8.12. The fourth-order valence-electron chi connectivity index (χ4n) is 2.87. The summed E-state index contributed by atoms with van der Waals surface area (Å²) in [6.45, 7) is 7.99. The number of amidine groups is 1. The molecule has 1 saturated heterocycles. The normalized spacial score (nSPS) is 20.2. The lowest BCUT2D eigenvalue weighted by molar-refractivity contribution is 0.186. The number of aromatic nitrogens is 1. The fourth-order valence-corrected chi connectivity index (χ4v) is 3.83. The van der Waals surface area contributed by atoms with E-state index < -0.39 is 0 Å². The summed E-state index contributed by atoms with van der Waals surface area (Å²) in [6.07, 6.45) is 5.64. The number of nitrogens with one attached hydrogen (secondary N) is 1. The zero-order valence-corrected chi connectivity index (χ0v) is 13.4. The first-order valence-corrected chi connectivity index (χ1v) is 8.47. The van der Waals surface area contributed by atoms with Gasteiger partial charge in [0, 0.05) is 19.5 Å². The Morgan fingerprint density at radius 3 is 2.95 bits per heavy atom. The molecule has 3 N–H and O–H groups in total. The molecule has 0 saturated carbocycles. The van der Waals surface area contributed by atoms with Crippen molar-refractivity contribution >= 4 is 17.2 Å². The number of nitrogens with two attached hydrogens (primary N) is 1. The molecule has 0 radical (unpaired) electrons. The largest absolute Gasteiger partial charge is 0.383 e. The minimum Gasteiger partial charge on any atom is -0.383 e. The van der Waals surface area contributed by atoms with Gasteiger partial charge >= 0.3 is 0 Å². The van der Waals surface area contributed by atoms with E-state index in [0.717, 1.165) is 47.3 Å². The van der Waals surface area contributed by atoms with Crippen LogP contribution < -0.4 is 5.73 Å². The van der Waals surface area contributed by atoms with Crippen LogP contribution >= 0.6 is 11.3 Å². The molecule has 1 fully saturated rings. The van der Waals surface area contributed by atoms with E-state index in [-0.39, 0.29) is 5.84 Å². The van der Waals surface area contributed by atoms with Gasteiger partial charge in [-0.25, -0.2) is 4.98 Å². The van der Waals surface area contributed by atoms with Crippen LogP contribution in [0, 0.1) is 11.3 Å². The Morgan fingerprint density at radius 1 is 1.50 bits per heavy atom. The molecule has 4 nitrogen and oxygen atoms in total. The highest BCUT2D eigenvalue weighted by Crippen LogP contribution is 2.21. The molecule has 5 heteroatoms. The van der Waals surface area contributed by atoms with Crippen LogP contribution in [0.3, 0.4) is 0 Å². The van der Waals surface area contributed by atoms with Crippen LogP contribution in [-0.2, 0) is 12.8 Å². The van der Waals surface area contributed by atoms with E-state index in [0.29, 0.717) is 0 Å². The SMILES string of the molecule is CCCc1nc(CCN2CCCC(C)C2)sc1C(=N)N. The van der Waals surface area contributed by atoms with Crippen molar-refractivity contribution in [3.63, 3.8) is 0 Å². The van der Waals surface area contributed by atoms with Crippen LogP contribution in [0.2, 0.25) is 0 Å². The van der Waals surface area contributed by atoms with Crippen molar-refractivity contribution < 1.29 is 0 Å². The number of aryl methyl sites for hydroxylation is 1. The van der Waals surface area contributed by atoms with Crippen molar-refractivity contribution in [3.8, 4) is 0 Å². The predicted molar refractivity (Wildman–Crippen MR) is 85.7 cm³/mol. The van der Waals surface area contributed by atoms with Gasteiger partial charge in [-0.2, -0.15) is 0 Å². The van der Waals surface area contributed by atoms with Crippen LogP contribution in [0.15, 0.2) is 0 Å². The number of likely N-dealkylation sites (tertiary alicyclic amines) is 1. The molecule has 2 heterocycles. The zero-order chi connectivity index (χ0) is 14.5. The van der Waals surface area contributed by atoms with E-state index in [1.807, 2.05) is 0 Å². The first-order chi connectivity index (χ1) is 9.60. The molecule has 1 aliphatic heterocycles. The highest BCUT2D eigenvalue weighted by molar-refractivity contribution is 7.13. The van der Waals surface area contributed by atoms with Crippen LogP contribution in [0.1, 0.15) is 48.7 Å². The number of nitrogens with zero attached hydrogens (tertiary/aromatic N) is 2. The summed E-state index contributed by atoms with van der Waals surface area (Å²) >= 11 is 1.61. The molecule has 1 unspecified atom stereocenters. The summed E-state index contributed by atoms with van der Waals surface area (Å²) in [5.74, 6) is 0.993. The highest BCUT2D eigenvalue weighted by atomic mass is 32.1. The molecule has 1 atom stereocenters. The van der Waals surface area contributed by atoms with Crippen molar-refractivity contribution in [2.24, 2.45) is 11.7 Å². The van der Waals surface area contributed by atoms with Crippen molar-refractivity contribution in [1.29, 1.82) is 5.41 Å². The fraction of sp³-hybridized carbons (Fsp3) is 0.733. The van der Waals surface area contributed by atoms with Gasteiger partial charge < -0.3 is 10.6 Å². The molecule has 1 aromatic rings. The molecule has 112 valence electrons. The second kappa shape index (κ2) is 7.18. The molecule has 20 heavy (non-hydrogen) atoms. The van der Waals surface area contributed by atoms with Crippen LogP contribution in [0.25, 0.3) is 0 Å². The molecular formula is C15H26N4S. The Morgan fingerprint density at radius 2 is 2.30 bits per heavy atom. The minimum atomic E-state index is 0.170. The van der Waals surface area contributed by atoms with E-state index in [9.17, 15) is 0 Å². The van der Waals surface area contributed by atoms with Crippen molar-refractivity contribution in [1.82, 2.24) is 9.88 Å². The van der Waals surface area contributed by atoms with Gasteiger partial charge in [-0.3, -0.25) is 5.41 Å². The first-order valence-electron chi connectivity index (χ1n) is 7.65. The number of rotatable bonds is 6. The number of piperidine rings is 1. The second-order valence-electron chi connectivity index (χ2n) is 5.85. The van der Waals surface area contributed by atoms with E-state index in [2.05, 4.69) is 18.7 Å². The van der Waals surface area contributed by atoms with Crippen molar-refractivity contribution in [3.05, 3.63) is 15.6 Å². The molecule has 1 aliphatic rings. The lowest BCUT2D eigenvalue weighted by atomic mass is 10.0. The third-order valence-electron chi connectivity index (χ3n) is 3.86. The summed E-state index contributed by atoms with van der Waals surface area (Å²) in [6, 6.07) is 0. The highest BCUT2D eigenvalue weighted by Gasteiger charge is 2.17. The molecule has 0 bridgehead atoms. The smallest absolute Gasteiger partial charge is 0.135 e. The number of hydrogen-bond acceptors (Lipinski definition) is 4. The minimum absolute atomic E-state index is 0.170. The predicted octanol–water partition coefficient (Wildman–Crippen LogP) is 2.65. The maximum absolute atomic E-state index is 7.66. The average molecular weight is 294 g/mol. The first kappa shape index (κ1) is 15.4. The summed E-state index contributed by atoms with van der Waals surface area (Å²) in [7, 11) is 0. The Balaban J connectivity index is 1.95. The van der Waals surface area contributed by atoms with Gasteiger partial charge in [0.25, 0.3) is 0 Å².